The zero-order valence-corrected chi connectivity index (χ0v) is 12.3. The van der Waals surface area contributed by atoms with E-state index in [1.165, 1.54) is 34.9 Å². The van der Waals surface area contributed by atoms with Gasteiger partial charge in [-0.2, -0.15) is 0 Å². The minimum absolute atomic E-state index is 0.612. The minimum atomic E-state index is 0.612. The summed E-state index contributed by atoms with van der Waals surface area (Å²) in [4.78, 5) is 4.81. The number of nitrogens with zero attached hydrogens (tertiary/aromatic N) is 1. The minimum Gasteiger partial charge on any atom is -0.323 e. The van der Waals surface area contributed by atoms with E-state index < -0.39 is 0 Å². The highest BCUT2D eigenvalue weighted by Gasteiger charge is 2.19. The summed E-state index contributed by atoms with van der Waals surface area (Å²) >= 11 is 2.31. The van der Waals surface area contributed by atoms with Gasteiger partial charge in [-0.1, -0.05) is 12.8 Å². The van der Waals surface area contributed by atoms with Gasteiger partial charge in [0, 0.05) is 20.6 Å². The number of nitrogens with two attached hydrogens (primary N) is 1. The van der Waals surface area contributed by atoms with Crippen LogP contribution in [0.2, 0.25) is 0 Å². The lowest BCUT2D eigenvalue weighted by Gasteiger charge is -2.13. The third-order valence-electron chi connectivity index (χ3n) is 3.72. The molecule has 1 aliphatic carbocycles. The topological polar surface area (TPSA) is 50.9 Å². The number of anilines is 1. The Morgan fingerprint density at radius 1 is 1.22 bits per heavy atom. The SMILES string of the molecule is NNc1cc(C2CCCC2)nc2ccc(I)cc12. The van der Waals surface area contributed by atoms with Gasteiger partial charge in [0.1, 0.15) is 0 Å². The lowest BCUT2D eigenvalue weighted by Crippen LogP contribution is -2.09. The second-order valence-electron chi connectivity index (χ2n) is 4.88. The van der Waals surface area contributed by atoms with E-state index in [9.17, 15) is 0 Å². The molecule has 1 aromatic carbocycles. The van der Waals surface area contributed by atoms with Crippen LogP contribution in [0.25, 0.3) is 10.9 Å². The zero-order valence-electron chi connectivity index (χ0n) is 10.1. The lowest BCUT2D eigenvalue weighted by atomic mass is 10.0. The van der Waals surface area contributed by atoms with Crippen molar-refractivity contribution in [2.75, 3.05) is 5.43 Å². The fourth-order valence-corrected chi connectivity index (χ4v) is 3.26. The lowest BCUT2D eigenvalue weighted by molar-refractivity contribution is 0.701. The summed E-state index contributed by atoms with van der Waals surface area (Å²) in [5, 5.41) is 1.10. The highest BCUT2D eigenvalue weighted by atomic mass is 127. The van der Waals surface area contributed by atoms with Crippen LogP contribution < -0.4 is 11.3 Å². The second kappa shape index (κ2) is 5.01. The number of hydrazine groups is 1. The predicted octanol–water partition coefficient (Wildman–Crippen LogP) is 3.78. The molecule has 4 heteroatoms. The molecule has 3 rings (SSSR count). The van der Waals surface area contributed by atoms with E-state index in [1.54, 1.807) is 0 Å². The summed E-state index contributed by atoms with van der Waals surface area (Å²) in [5.74, 6) is 6.27. The molecule has 94 valence electrons. The van der Waals surface area contributed by atoms with Crippen LogP contribution >= 0.6 is 22.6 Å². The van der Waals surface area contributed by atoms with Gasteiger partial charge in [-0.3, -0.25) is 10.8 Å². The maximum absolute atomic E-state index is 5.65. The van der Waals surface area contributed by atoms with Crippen LogP contribution in [0, 0.1) is 3.57 Å². The van der Waals surface area contributed by atoms with Gasteiger partial charge < -0.3 is 5.43 Å². The Morgan fingerprint density at radius 3 is 2.72 bits per heavy atom. The summed E-state index contributed by atoms with van der Waals surface area (Å²) < 4.78 is 1.20. The van der Waals surface area contributed by atoms with E-state index in [0.717, 1.165) is 16.6 Å². The summed E-state index contributed by atoms with van der Waals surface area (Å²) in [5.41, 5.74) is 6.03. The number of nitrogen functional groups attached to an aromatic ring is 1. The number of pyridine rings is 1. The van der Waals surface area contributed by atoms with Gasteiger partial charge in [0.25, 0.3) is 0 Å². The number of benzene rings is 1. The molecule has 1 aromatic heterocycles. The van der Waals surface area contributed by atoms with Gasteiger partial charge >= 0.3 is 0 Å². The van der Waals surface area contributed by atoms with Crippen LogP contribution in [0.1, 0.15) is 37.3 Å². The predicted molar refractivity (Wildman–Crippen MR) is 83.5 cm³/mol. The molecule has 0 amide bonds. The van der Waals surface area contributed by atoms with Crippen molar-refractivity contribution >= 4 is 39.2 Å². The third-order valence-corrected chi connectivity index (χ3v) is 4.39. The van der Waals surface area contributed by atoms with Crippen LogP contribution in [-0.4, -0.2) is 4.98 Å². The van der Waals surface area contributed by atoms with Crippen molar-refractivity contribution in [1.82, 2.24) is 4.98 Å². The molecule has 0 unspecified atom stereocenters. The Hall–Kier alpha value is -0.880. The molecule has 1 fully saturated rings. The molecule has 0 atom stereocenters. The van der Waals surface area contributed by atoms with Gasteiger partial charge in [0.05, 0.1) is 11.2 Å². The molecule has 1 heterocycles. The van der Waals surface area contributed by atoms with Crippen LogP contribution in [-0.2, 0) is 0 Å². The van der Waals surface area contributed by atoms with Gasteiger partial charge in [0.15, 0.2) is 0 Å². The number of hydrogen-bond acceptors (Lipinski definition) is 3. The van der Waals surface area contributed by atoms with Crippen molar-refractivity contribution in [3.05, 3.63) is 33.5 Å². The number of halogens is 1. The Kier molecular flexibility index (Phi) is 3.39. The molecule has 0 radical (unpaired) electrons. The first-order chi connectivity index (χ1) is 8.78. The van der Waals surface area contributed by atoms with Crippen LogP contribution in [0.4, 0.5) is 5.69 Å². The van der Waals surface area contributed by atoms with E-state index in [1.807, 2.05) is 0 Å². The maximum atomic E-state index is 5.65. The van der Waals surface area contributed by atoms with Gasteiger partial charge in [-0.25, -0.2) is 0 Å². The van der Waals surface area contributed by atoms with Crippen molar-refractivity contribution in [3.8, 4) is 0 Å². The third kappa shape index (κ3) is 2.19. The molecule has 1 aliphatic rings. The monoisotopic (exact) mass is 353 g/mol. The van der Waals surface area contributed by atoms with Crippen LogP contribution in [0.3, 0.4) is 0 Å². The molecule has 0 saturated heterocycles. The summed E-state index contributed by atoms with van der Waals surface area (Å²) in [6.45, 7) is 0. The largest absolute Gasteiger partial charge is 0.323 e. The Labute approximate surface area is 120 Å². The number of hydrogen-bond donors (Lipinski definition) is 2. The summed E-state index contributed by atoms with van der Waals surface area (Å²) in [6.07, 6.45) is 5.16. The number of aromatic nitrogens is 1. The second-order valence-corrected chi connectivity index (χ2v) is 6.13. The first-order valence-corrected chi connectivity index (χ1v) is 7.42. The van der Waals surface area contributed by atoms with Crippen molar-refractivity contribution in [2.24, 2.45) is 5.84 Å². The summed E-state index contributed by atoms with van der Waals surface area (Å²) in [7, 11) is 0. The van der Waals surface area contributed by atoms with Gasteiger partial charge in [0.2, 0.25) is 0 Å². The molecule has 0 bridgehead atoms. The normalized spacial score (nSPS) is 16.3. The molecular weight excluding hydrogens is 337 g/mol. The number of nitrogens with one attached hydrogen (secondary N) is 1. The van der Waals surface area contributed by atoms with Crippen molar-refractivity contribution in [2.45, 2.75) is 31.6 Å². The van der Waals surface area contributed by atoms with Crippen molar-refractivity contribution < 1.29 is 0 Å². The molecule has 3 nitrogen and oxygen atoms in total. The molecule has 0 spiro atoms. The van der Waals surface area contributed by atoms with E-state index in [4.69, 9.17) is 10.8 Å². The molecule has 1 saturated carbocycles. The number of rotatable bonds is 2. The zero-order chi connectivity index (χ0) is 12.5. The van der Waals surface area contributed by atoms with E-state index in [-0.39, 0.29) is 0 Å². The van der Waals surface area contributed by atoms with E-state index in [2.05, 4.69) is 52.3 Å². The van der Waals surface area contributed by atoms with Crippen molar-refractivity contribution in [1.29, 1.82) is 0 Å². The highest BCUT2D eigenvalue weighted by molar-refractivity contribution is 14.1. The average Bonchev–Trinajstić information content (AvgIpc) is 2.91. The smallest absolute Gasteiger partial charge is 0.0727 e. The average molecular weight is 353 g/mol. The van der Waals surface area contributed by atoms with Gasteiger partial charge in [-0.05, 0) is 59.7 Å². The van der Waals surface area contributed by atoms with Gasteiger partial charge in [-0.15, -0.1) is 0 Å². The Morgan fingerprint density at radius 2 is 2.00 bits per heavy atom. The van der Waals surface area contributed by atoms with Crippen molar-refractivity contribution in [3.63, 3.8) is 0 Å². The maximum Gasteiger partial charge on any atom is 0.0727 e. The van der Waals surface area contributed by atoms with Crippen LogP contribution in [0.5, 0.6) is 0 Å². The Balaban J connectivity index is 2.15. The quantitative estimate of drug-likeness (QED) is 0.491. The number of fused-ring (bicyclic) bond motifs is 1. The highest BCUT2D eigenvalue weighted by Crippen LogP contribution is 2.36. The standard InChI is InChI=1S/C14H16IN3/c15-10-5-6-12-11(7-10)14(18-16)8-13(17-12)9-3-1-2-4-9/h5-9H,1-4,16H2,(H,17,18). The molecule has 2 aromatic rings. The van der Waals surface area contributed by atoms with E-state index >= 15 is 0 Å². The first kappa shape index (κ1) is 12.2. The molecule has 0 aliphatic heterocycles. The first-order valence-electron chi connectivity index (χ1n) is 6.35. The van der Waals surface area contributed by atoms with Crippen LogP contribution in [0.15, 0.2) is 24.3 Å². The molecule has 3 N–H and O–H groups in total. The summed E-state index contributed by atoms with van der Waals surface area (Å²) in [6, 6.07) is 8.41. The Bertz CT molecular complexity index is 577. The van der Waals surface area contributed by atoms with E-state index in [0.29, 0.717) is 5.92 Å². The fourth-order valence-electron chi connectivity index (χ4n) is 2.77. The molecule has 18 heavy (non-hydrogen) atoms. The molecular formula is C14H16IN3. The fraction of sp³-hybridized carbons (Fsp3) is 0.357.